The van der Waals surface area contributed by atoms with Crippen molar-refractivity contribution in [2.75, 3.05) is 18.9 Å². The summed E-state index contributed by atoms with van der Waals surface area (Å²) in [6.45, 7) is 6.15. The molecule has 1 heterocycles. The van der Waals surface area contributed by atoms with E-state index in [1.165, 1.54) is 12.3 Å². The lowest BCUT2D eigenvalue weighted by atomic mass is 10.1. The van der Waals surface area contributed by atoms with Crippen LogP contribution in [0.5, 0.6) is 0 Å². The van der Waals surface area contributed by atoms with Crippen molar-refractivity contribution in [1.29, 1.82) is 0 Å². The van der Waals surface area contributed by atoms with Crippen LogP contribution in [-0.2, 0) is 18.3 Å². The summed E-state index contributed by atoms with van der Waals surface area (Å²) < 4.78 is 28.1. The van der Waals surface area contributed by atoms with Gasteiger partial charge in [-0.2, -0.15) is 4.98 Å². The normalized spacial score (nSPS) is 16.6. The molecule has 0 saturated carbocycles. The number of hydrogen-bond acceptors (Lipinski definition) is 9. The Bertz CT molecular complexity index is 665. The Morgan fingerprint density at radius 1 is 1.38 bits per heavy atom. The summed E-state index contributed by atoms with van der Waals surface area (Å²) in [5, 5.41) is 9.58. The highest BCUT2D eigenvalue weighted by Gasteiger charge is 2.23. The highest BCUT2D eigenvalue weighted by Crippen LogP contribution is 2.40. The second-order valence-corrected chi connectivity index (χ2v) is 7.83. The van der Waals surface area contributed by atoms with E-state index in [-0.39, 0.29) is 18.3 Å². The van der Waals surface area contributed by atoms with Crippen LogP contribution in [0.1, 0.15) is 40.3 Å². The molecule has 0 aromatic carbocycles. The SMILES string of the molecule is CC(C)C[C@H](COP(=O)([O-])OC(C)C)O[C@H](CO)n1ccc(N)nc1=O. The van der Waals surface area contributed by atoms with E-state index in [0.717, 1.165) is 4.57 Å². The van der Waals surface area contributed by atoms with Crippen LogP contribution in [0.25, 0.3) is 0 Å². The average Bonchev–Trinajstić information content (AvgIpc) is 2.49. The van der Waals surface area contributed by atoms with Gasteiger partial charge in [0.15, 0.2) is 6.23 Å². The largest absolute Gasteiger partial charge is 0.756 e. The molecule has 0 bridgehead atoms. The molecule has 3 atom stereocenters. The van der Waals surface area contributed by atoms with Gasteiger partial charge in [0.1, 0.15) is 5.82 Å². The zero-order valence-electron chi connectivity index (χ0n) is 15.4. The number of aromatic nitrogens is 2. The molecule has 0 aliphatic rings. The van der Waals surface area contributed by atoms with Crippen molar-refractivity contribution in [2.24, 2.45) is 5.92 Å². The smallest absolute Gasteiger partial charge is 0.351 e. The van der Waals surface area contributed by atoms with Crippen molar-refractivity contribution >= 4 is 13.6 Å². The van der Waals surface area contributed by atoms with Crippen LogP contribution >= 0.6 is 7.82 Å². The van der Waals surface area contributed by atoms with Crippen LogP contribution in [-0.4, -0.2) is 40.1 Å². The van der Waals surface area contributed by atoms with Gasteiger partial charge < -0.3 is 29.5 Å². The van der Waals surface area contributed by atoms with Gasteiger partial charge in [0.2, 0.25) is 0 Å². The van der Waals surface area contributed by atoms with E-state index in [9.17, 15) is 19.4 Å². The lowest BCUT2D eigenvalue weighted by Gasteiger charge is -2.30. The lowest BCUT2D eigenvalue weighted by Crippen LogP contribution is -2.35. The Morgan fingerprint density at radius 3 is 2.54 bits per heavy atom. The number of aliphatic hydroxyl groups is 1. The summed E-state index contributed by atoms with van der Waals surface area (Å²) in [5.41, 5.74) is 4.76. The summed E-state index contributed by atoms with van der Waals surface area (Å²) in [6, 6.07) is 1.39. The minimum absolute atomic E-state index is 0.0446. The summed E-state index contributed by atoms with van der Waals surface area (Å²) in [7, 11) is -4.48. The molecule has 0 aliphatic carbocycles. The number of rotatable bonds is 11. The van der Waals surface area contributed by atoms with E-state index >= 15 is 0 Å². The van der Waals surface area contributed by atoms with E-state index in [2.05, 4.69) is 4.98 Å². The van der Waals surface area contributed by atoms with Gasteiger partial charge >= 0.3 is 5.69 Å². The van der Waals surface area contributed by atoms with Gasteiger partial charge in [0.05, 0.1) is 25.4 Å². The van der Waals surface area contributed by atoms with Gasteiger partial charge in [-0.05, 0) is 32.3 Å². The molecular weight excluding hydrogens is 365 g/mol. The molecule has 26 heavy (non-hydrogen) atoms. The molecule has 150 valence electrons. The third-order valence-electron chi connectivity index (χ3n) is 3.16. The number of hydrogen-bond donors (Lipinski definition) is 2. The molecule has 1 aromatic heterocycles. The van der Waals surface area contributed by atoms with Crippen molar-refractivity contribution in [1.82, 2.24) is 9.55 Å². The van der Waals surface area contributed by atoms with Crippen molar-refractivity contribution in [3.8, 4) is 0 Å². The van der Waals surface area contributed by atoms with Crippen LogP contribution in [0, 0.1) is 5.92 Å². The summed E-state index contributed by atoms with van der Waals surface area (Å²) in [6.07, 6.45) is -0.517. The quantitative estimate of drug-likeness (QED) is 0.518. The first-order valence-electron chi connectivity index (χ1n) is 8.29. The molecule has 0 aliphatic heterocycles. The van der Waals surface area contributed by atoms with Crippen molar-refractivity contribution in [3.05, 3.63) is 22.7 Å². The first-order valence-corrected chi connectivity index (χ1v) is 9.75. The number of ether oxygens (including phenoxy) is 1. The predicted molar refractivity (Wildman–Crippen MR) is 93.1 cm³/mol. The molecule has 1 aromatic rings. The number of nitrogens with two attached hydrogens (primary N) is 1. The van der Waals surface area contributed by atoms with E-state index < -0.39 is 38.6 Å². The fourth-order valence-corrected chi connectivity index (χ4v) is 3.14. The van der Waals surface area contributed by atoms with Crippen LogP contribution in [0.2, 0.25) is 0 Å². The van der Waals surface area contributed by atoms with Gasteiger partial charge in [-0.1, -0.05) is 13.8 Å². The minimum atomic E-state index is -4.48. The highest BCUT2D eigenvalue weighted by molar-refractivity contribution is 7.45. The van der Waals surface area contributed by atoms with Gasteiger partial charge in [-0.25, -0.2) is 4.79 Å². The summed E-state index contributed by atoms with van der Waals surface area (Å²) >= 11 is 0. The van der Waals surface area contributed by atoms with E-state index in [4.69, 9.17) is 19.5 Å². The standard InChI is InChI=1S/C15H28N3O7P/c1-10(2)7-12(9-23-26(21,22)25-11(3)4)24-14(8-19)18-6-5-13(16)17-15(18)20/h5-6,10-12,14,19H,7-9H2,1-4H3,(H,21,22)(H2,16,17,20)/p-1/t12-,14-/m1/s1. The number of phosphoric ester groups is 1. The lowest BCUT2D eigenvalue weighted by molar-refractivity contribution is -0.232. The van der Waals surface area contributed by atoms with Crippen molar-refractivity contribution < 1.29 is 28.3 Å². The Kier molecular flexibility index (Phi) is 8.88. The topological polar surface area (TPSA) is 149 Å². The monoisotopic (exact) mass is 392 g/mol. The first kappa shape index (κ1) is 22.8. The predicted octanol–water partition coefficient (Wildman–Crippen LogP) is 0.658. The number of phosphoric acid groups is 1. The fraction of sp³-hybridized carbons (Fsp3) is 0.733. The summed E-state index contributed by atoms with van der Waals surface area (Å²) in [5.74, 6) is 0.199. The molecule has 0 amide bonds. The van der Waals surface area contributed by atoms with Crippen LogP contribution in [0.15, 0.2) is 17.1 Å². The number of aliphatic hydroxyl groups excluding tert-OH is 1. The Hall–Kier alpha value is -1.29. The van der Waals surface area contributed by atoms with Gasteiger partial charge in [-0.15, -0.1) is 0 Å². The average molecular weight is 392 g/mol. The maximum absolute atomic E-state index is 11.9. The highest BCUT2D eigenvalue weighted by atomic mass is 31.2. The number of nitrogen functional groups attached to an aromatic ring is 1. The first-order chi connectivity index (χ1) is 12.0. The third-order valence-corrected chi connectivity index (χ3v) is 4.31. The number of nitrogens with zero attached hydrogens (tertiary/aromatic N) is 2. The third kappa shape index (κ3) is 7.94. The number of anilines is 1. The molecular formula is C15H27N3O7P-. The molecule has 1 rings (SSSR count). The molecule has 10 nitrogen and oxygen atoms in total. The van der Waals surface area contributed by atoms with Gasteiger partial charge in [0.25, 0.3) is 7.82 Å². The Morgan fingerprint density at radius 2 is 2.04 bits per heavy atom. The maximum Gasteiger partial charge on any atom is 0.351 e. The van der Waals surface area contributed by atoms with Gasteiger partial charge in [0, 0.05) is 6.20 Å². The molecule has 0 spiro atoms. The van der Waals surface area contributed by atoms with Crippen molar-refractivity contribution in [2.45, 2.75) is 52.6 Å². The molecule has 0 radical (unpaired) electrons. The zero-order valence-corrected chi connectivity index (χ0v) is 16.3. The fourth-order valence-electron chi connectivity index (χ4n) is 2.22. The van der Waals surface area contributed by atoms with Gasteiger partial charge in [-0.3, -0.25) is 9.13 Å². The second-order valence-electron chi connectivity index (χ2n) is 6.46. The molecule has 3 N–H and O–H groups in total. The van der Waals surface area contributed by atoms with Crippen molar-refractivity contribution in [3.63, 3.8) is 0 Å². The van der Waals surface area contributed by atoms with E-state index in [1.54, 1.807) is 13.8 Å². The Balaban J connectivity index is 2.87. The van der Waals surface area contributed by atoms with Crippen LogP contribution < -0.4 is 16.3 Å². The molecule has 0 fully saturated rings. The van der Waals surface area contributed by atoms with Crippen LogP contribution in [0.4, 0.5) is 5.82 Å². The molecule has 0 saturated heterocycles. The zero-order chi connectivity index (χ0) is 19.9. The second kappa shape index (κ2) is 10.1. The summed E-state index contributed by atoms with van der Waals surface area (Å²) in [4.78, 5) is 27.2. The van der Waals surface area contributed by atoms with E-state index in [0.29, 0.717) is 6.42 Å². The molecule has 1 unspecified atom stereocenters. The Labute approximate surface area is 152 Å². The molecule has 11 heteroatoms. The van der Waals surface area contributed by atoms with E-state index in [1.807, 2.05) is 13.8 Å². The minimum Gasteiger partial charge on any atom is -0.756 e. The maximum atomic E-state index is 11.9. The van der Waals surface area contributed by atoms with Crippen LogP contribution in [0.3, 0.4) is 0 Å².